The second-order valence-electron chi connectivity index (χ2n) is 11.6. The molecule has 1 aromatic heterocycles. The fourth-order valence-corrected chi connectivity index (χ4v) is 5.07. The average Bonchev–Trinajstić information content (AvgIpc) is 2.86. The van der Waals surface area contributed by atoms with E-state index in [0.29, 0.717) is 24.7 Å². The zero-order valence-corrected chi connectivity index (χ0v) is 23.3. The predicted molar refractivity (Wildman–Crippen MR) is 143 cm³/mol. The van der Waals surface area contributed by atoms with Crippen molar-refractivity contribution >= 4 is 17.8 Å². The van der Waals surface area contributed by atoms with Gasteiger partial charge < -0.3 is 29.3 Å². The molecule has 0 saturated carbocycles. The SMILES string of the molecule is CC(C)N(CCO)C(=O)c1cc(F)ccc1Oc1cncnc1N1CC2(CCN(C(=O)OC(C)(C)C)CC2)C1. The molecule has 212 valence electrons. The zero-order valence-electron chi connectivity index (χ0n) is 23.3. The van der Waals surface area contributed by atoms with Crippen LogP contribution in [-0.2, 0) is 4.74 Å². The second-order valence-corrected chi connectivity index (χ2v) is 11.6. The topological polar surface area (TPSA) is 108 Å². The summed E-state index contributed by atoms with van der Waals surface area (Å²) in [6.07, 6.45) is 4.41. The number of ether oxygens (including phenoxy) is 2. The predicted octanol–water partition coefficient (Wildman–Crippen LogP) is 4.09. The van der Waals surface area contributed by atoms with Crippen LogP contribution in [0, 0.1) is 11.2 Å². The molecule has 0 radical (unpaired) electrons. The first kappa shape index (κ1) is 28.5. The fourth-order valence-electron chi connectivity index (χ4n) is 5.07. The maximum absolute atomic E-state index is 14.2. The summed E-state index contributed by atoms with van der Waals surface area (Å²) < 4.78 is 25.8. The number of carbonyl (C=O) groups is 2. The van der Waals surface area contributed by atoms with Gasteiger partial charge in [-0.1, -0.05) is 0 Å². The fraction of sp³-hybridized carbons (Fsp3) is 0.571. The van der Waals surface area contributed by atoms with Gasteiger partial charge >= 0.3 is 6.09 Å². The van der Waals surface area contributed by atoms with Crippen LogP contribution in [0.5, 0.6) is 11.5 Å². The molecule has 0 atom stereocenters. The Morgan fingerprint density at radius 1 is 1.18 bits per heavy atom. The van der Waals surface area contributed by atoms with E-state index in [-0.39, 0.29) is 42.0 Å². The number of aromatic nitrogens is 2. The number of rotatable bonds is 7. The lowest BCUT2D eigenvalue weighted by molar-refractivity contribution is 0.00586. The van der Waals surface area contributed by atoms with E-state index in [0.717, 1.165) is 32.0 Å². The van der Waals surface area contributed by atoms with E-state index in [2.05, 4.69) is 14.9 Å². The standard InChI is InChI=1S/C28H38FN5O5/c1-19(2)34(12-13-35)25(36)21-14-20(29)6-7-22(21)38-23-15-30-18-31-24(23)33-16-28(17-33)8-10-32(11-9-28)26(37)39-27(3,4)5/h6-7,14-15,18-19,35H,8-13,16-17H2,1-5H3. The van der Waals surface area contributed by atoms with E-state index in [1.54, 1.807) is 4.90 Å². The minimum atomic E-state index is -0.564. The number of benzene rings is 1. The van der Waals surface area contributed by atoms with Crippen molar-refractivity contribution in [2.24, 2.45) is 5.41 Å². The second kappa shape index (κ2) is 11.3. The van der Waals surface area contributed by atoms with Gasteiger partial charge in [-0.2, -0.15) is 0 Å². The van der Waals surface area contributed by atoms with Crippen LogP contribution in [0.1, 0.15) is 57.8 Å². The molecule has 1 aromatic carbocycles. The Morgan fingerprint density at radius 2 is 1.87 bits per heavy atom. The minimum absolute atomic E-state index is 0.0570. The van der Waals surface area contributed by atoms with Gasteiger partial charge in [0.1, 0.15) is 23.5 Å². The van der Waals surface area contributed by atoms with Crippen molar-refractivity contribution in [1.29, 1.82) is 0 Å². The summed E-state index contributed by atoms with van der Waals surface area (Å²) in [5.41, 5.74) is -0.398. The third kappa shape index (κ3) is 6.58. The van der Waals surface area contributed by atoms with E-state index in [1.165, 1.54) is 29.6 Å². The normalized spacial score (nSPS) is 16.7. The highest BCUT2D eigenvalue weighted by atomic mass is 19.1. The molecule has 2 aromatic rings. The minimum Gasteiger partial charge on any atom is -0.451 e. The number of anilines is 1. The summed E-state index contributed by atoms with van der Waals surface area (Å²) in [5, 5.41) is 9.42. The summed E-state index contributed by atoms with van der Waals surface area (Å²) in [4.78, 5) is 39.6. The molecule has 4 rings (SSSR count). The van der Waals surface area contributed by atoms with Crippen molar-refractivity contribution in [1.82, 2.24) is 19.8 Å². The molecule has 1 spiro atoms. The number of piperidine rings is 1. The molecule has 0 bridgehead atoms. The van der Waals surface area contributed by atoms with Crippen LogP contribution in [0.4, 0.5) is 15.0 Å². The highest BCUT2D eigenvalue weighted by Gasteiger charge is 2.47. The number of halogens is 1. The van der Waals surface area contributed by atoms with Crippen LogP contribution >= 0.6 is 0 Å². The van der Waals surface area contributed by atoms with Crippen molar-refractivity contribution in [2.45, 2.75) is 59.1 Å². The molecular weight excluding hydrogens is 505 g/mol. The average molecular weight is 544 g/mol. The van der Waals surface area contributed by atoms with Crippen LogP contribution < -0.4 is 9.64 Å². The largest absolute Gasteiger partial charge is 0.451 e. The molecule has 10 nitrogen and oxygen atoms in total. The monoisotopic (exact) mass is 543 g/mol. The van der Waals surface area contributed by atoms with Gasteiger partial charge in [0.15, 0.2) is 11.6 Å². The molecule has 1 N–H and O–H groups in total. The van der Waals surface area contributed by atoms with E-state index < -0.39 is 17.3 Å². The van der Waals surface area contributed by atoms with Gasteiger partial charge in [0, 0.05) is 44.2 Å². The van der Waals surface area contributed by atoms with Gasteiger partial charge in [-0.05, 0) is 65.7 Å². The van der Waals surface area contributed by atoms with Gasteiger partial charge in [-0.25, -0.2) is 19.2 Å². The maximum Gasteiger partial charge on any atom is 0.410 e. The summed E-state index contributed by atoms with van der Waals surface area (Å²) in [6.45, 7) is 11.9. The third-order valence-electron chi connectivity index (χ3n) is 7.10. The first-order valence-corrected chi connectivity index (χ1v) is 13.3. The molecule has 2 fully saturated rings. The van der Waals surface area contributed by atoms with Crippen LogP contribution in [0.2, 0.25) is 0 Å². The summed E-state index contributed by atoms with van der Waals surface area (Å²) in [7, 11) is 0. The van der Waals surface area contributed by atoms with Crippen LogP contribution in [0.15, 0.2) is 30.7 Å². The van der Waals surface area contributed by atoms with Crippen molar-refractivity contribution in [3.05, 3.63) is 42.1 Å². The highest BCUT2D eigenvalue weighted by Crippen LogP contribution is 2.45. The molecule has 0 unspecified atom stereocenters. The number of hydrogen-bond donors (Lipinski definition) is 1. The molecule has 2 saturated heterocycles. The number of aliphatic hydroxyl groups excluding tert-OH is 1. The van der Waals surface area contributed by atoms with Crippen molar-refractivity contribution in [3.63, 3.8) is 0 Å². The quantitative estimate of drug-likeness (QED) is 0.557. The van der Waals surface area contributed by atoms with Crippen LogP contribution in [0.25, 0.3) is 0 Å². The number of nitrogens with zero attached hydrogens (tertiary/aromatic N) is 5. The van der Waals surface area contributed by atoms with Crippen LogP contribution in [0.3, 0.4) is 0 Å². The smallest absolute Gasteiger partial charge is 0.410 e. The Morgan fingerprint density at radius 3 is 2.49 bits per heavy atom. The third-order valence-corrected chi connectivity index (χ3v) is 7.10. The summed E-state index contributed by atoms with van der Waals surface area (Å²) >= 11 is 0. The Bertz CT molecular complexity index is 1190. The van der Waals surface area contributed by atoms with Crippen molar-refractivity contribution in [3.8, 4) is 11.5 Å². The molecule has 2 aliphatic rings. The Balaban J connectivity index is 1.46. The number of hydrogen-bond acceptors (Lipinski definition) is 8. The van der Waals surface area contributed by atoms with E-state index >= 15 is 0 Å². The number of aliphatic hydroxyl groups is 1. The van der Waals surface area contributed by atoms with E-state index in [1.807, 2.05) is 34.6 Å². The van der Waals surface area contributed by atoms with Gasteiger partial charge in [0.05, 0.1) is 18.4 Å². The lowest BCUT2D eigenvalue weighted by atomic mass is 9.72. The molecule has 2 amide bonds. The van der Waals surface area contributed by atoms with E-state index in [4.69, 9.17) is 9.47 Å². The molecule has 3 heterocycles. The summed E-state index contributed by atoms with van der Waals surface area (Å²) in [5.74, 6) is 0.125. The Labute approximate surface area is 228 Å². The molecular formula is C28H38FN5O5. The maximum atomic E-state index is 14.2. The Kier molecular flexibility index (Phi) is 8.29. The van der Waals surface area contributed by atoms with Gasteiger partial charge in [-0.15, -0.1) is 0 Å². The van der Waals surface area contributed by atoms with Crippen LogP contribution in [-0.4, -0.2) is 87.8 Å². The Hall–Kier alpha value is -3.47. The first-order chi connectivity index (χ1) is 18.4. The number of amides is 2. The number of carbonyl (C=O) groups excluding carboxylic acids is 2. The molecule has 2 aliphatic heterocycles. The zero-order chi connectivity index (χ0) is 28.4. The van der Waals surface area contributed by atoms with Gasteiger partial charge in [-0.3, -0.25) is 4.79 Å². The number of likely N-dealkylation sites (tertiary alicyclic amines) is 1. The lowest BCUT2D eigenvalue weighted by Crippen LogP contribution is -2.61. The van der Waals surface area contributed by atoms with Gasteiger partial charge in [0.25, 0.3) is 5.91 Å². The van der Waals surface area contributed by atoms with Crippen molar-refractivity contribution < 1.29 is 28.6 Å². The molecule has 11 heteroatoms. The van der Waals surface area contributed by atoms with Crippen molar-refractivity contribution in [2.75, 3.05) is 44.2 Å². The molecule has 0 aliphatic carbocycles. The molecule has 39 heavy (non-hydrogen) atoms. The highest BCUT2D eigenvalue weighted by molar-refractivity contribution is 5.97. The van der Waals surface area contributed by atoms with E-state index in [9.17, 15) is 19.1 Å². The first-order valence-electron chi connectivity index (χ1n) is 13.3. The van der Waals surface area contributed by atoms with Gasteiger partial charge in [0.2, 0.25) is 0 Å². The summed E-state index contributed by atoms with van der Waals surface area (Å²) in [6, 6.07) is 3.60. The lowest BCUT2D eigenvalue weighted by Gasteiger charge is -2.54.